The summed E-state index contributed by atoms with van der Waals surface area (Å²) in [7, 11) is 9.25. The molecule has 2 heterocycles. The van der Waals surface area contributed by atoms with E-state index in [1.165, 1.54) is 0 Å². The van der Waals surface area contributed by atoms with E-state index in [9.17, 15) is 0 Å². The molecule has 1 N–H and O–H groups in total. The Bertz CT molecular complexity index is 261. The fraction of sp³-hybridized carbons (Fsp3) is 1.00. The minimum absolute atomic E-state index is 0.0418. The summed E-state index contributed by atoms with van der Waals surface area (Å²) in [4.78, 5) is 0. The van der Waals surface area contributed by atoms with Crippen molar-refractivity contribution in [2.45, 2.75) is 43.1 Å². The maximum absolute atomic E-state index is 5.90. The van der Waals surface area contributed by atoms with Crippen molar-refractivity contribution in [3.05, 3.63) is 0 Å². The number of hydrogen-bond donors (Lipinski definition) is 1. The quantitative estimate of drug-likeness (QED) is 0.648. The van der Waals surface area contributed by atoms with E-state index in [1.54, 1.807) is 14.2 Å². The van der Waals surface area contributed by atoms with Gasteiger partial charge in [0.25, 0.3) is 0 Å². The van der Waals surface area contributed by atoms with Gasteiger partial charge in [0.15, 0.2) is 0 Å². The lowest BCUT2D eigenvalue weighted by Crippen LogP contribution is -2.62. The molecule has 0 saturated carbocycles. The van der Waals surface area contributed by atoms with E-state index >= 15 is 0 Å². The van der Waals surface area contributed by atoms with E-state index in [0.29, 0.717) is 6.61 Å². The van der Waals surface area contributed by atoms with Crippen LogP contribution in [0.4, 0.5) is 0 Å². The van der Waals surface area contributed by atoms with Crippen molar-refractivity contribution >= 4 is 7.85 Å². The zero-order valence-electron chi connectivity index (χ0n) is 9.74. The second-order valence-electron chi connectivity index (χ2n) is 4.86. The molecule has 0 amide bonds. The van der Waals surface area contributed by atoms with Crippen LogP contribution in [0.25, 0.3) is 0 Å². The Morgan fingerprint density at radius 1 is 1.40 bits per heavy atom. The summed E-state index contributed by atoms with van der Waals surface area (Å²) in [5, 5.41) is 3.45. The van der Waals surface area contributed by atoms with Crippen molar-refractivity contribution in [2.75, 3.05) is 20.8 Å². The highest BCUT2D eigenvalue weighted by molar-refractivity contribution is 6.12. The maximum Gasteiger partial charge on any atom is 0.136 e. The van der Waals surface area contributed by atoms with Gasteiger partial charge in [-0.25, -0.2) is 0 Å². The zero-order chi connectivity index (χ0) is 11.3. The third-order valence-electron chi connectivity index (χ3n) is 3.68. The van der Waals surface area contributed by atoms with Crippen molar-refractivity contribution in [3.8, 4) is 0 Å². The first-order valence-electron chi connectivity index (χ1n) is 5.21. The minimum Gasteiger partial charge on any atom is -0.382 e. The van der Waals surface area contributed by atoms with Crippen LogP contribution in [-0.2, 0) is 14.2 Å². The highest BCUT2D eigenvalue weighted by Crippen LogP contribution is 2.46. The molecule has 2 saturated heterocycles. The molecule has 2 bridgehead atoms. The van der Waals surface area contributed by atoms with Crippen LogP contribution in [0.5, 0.6) is 0 Å². The lowest BCUT2D eigenvalue weighted by Gasteiger charge is -2.43. The first-order chi connectivity index (χ1) is 6.98. The van der Waals surface area contributed by atoms with E-state index in [2.05, 4.69) is 19.2 Å². The second-order valence-corrected chi connectivity index (χ2v) is 4.86. The molecule has 2 rings (SSSR count). The van der Waals surface area contributed by atoms with Crippen molar-refractivity contribution < 1.29 is 14.2 Å². The lowest BCUT2D eigenvalue weighted by atomic mass is 9.83. The van der Waals surface area contributed by atoms with Gasteiger partial charge in [0.05, 0.1) is 12.6 Å². The van der Waals surface area contributed by atoms with Gasteiger partial charge in [0.1, 0.15) is 19.6 Å². The molecule has 0 spiro atoms. The number of nitrogens with one attached hydrogen (secondary N) is 1. The summed E-state index contributed by atoms with van der Waals surface area (Å²) in [5.74, 6) is 0. The molecule has 2 radical (unpaired) electrons. The number of fused-ring (bicyclic) bond motifs is 2. The van der Waals surface area contributed by atoms with Gasteiger partial charge >= 0.3 is 0 Å². The van der Waals surface area contributed by atoms with Crippen LogP contribution in [-0.4, -0.2) is 58.0 Å². The molecule has 84 valence electrons. The molecule has 2 aliphatic heterocycles. The third kappa shape index (κ3) is 1.30. The van der Waals surface area contributed by atoms with Gasteiger partial charge in [0.2, 0.25) is 0 Å². The number of hydrogen-bond acceptors (Lipinski definition) is 4. The molecule has 15 heavy (non-hydrogen) atoms. The summed E-state index contributed by atoms with van der Waals surface area (Å²) in [5.41, 5.74) is -0.676. The van der Waals surface area contributed by atoms with Crippen LogP contribution in [0.1, 0.15) is 13.8 Å². The summed E-state index contributed by atoms with van der Waals surface area (Å²) in [6.07, 6.45) is -0.0533. The Kier molecular flexibility index (Phi) is 2.62. The summed E-state index contributed by atoms with van der Waals surface area (Å²) in [6, 6.07) is -0.279. The summed E-state index contributed by atoms with van der Waals surface area (Å²) < 4.78 is 16.6. The molecule has 0 aliphatic carbocycles. The molecular weight excluding hydrogens is 193 g/mol. The average Bonchev–Trinajstić information content (AvgIpc) is 2.51. The molecule has 5 heteroatoms. The molecule has 0 aromatic heterocycles. The van der Waals surface area contributed by atoms with Crippen molar-refractivity contribution in [3.63, 3.8) is 0 Å². The molecule has 2 aliphatic rings. The molecule has 4 nitrogen and oxygen atoms in total. The highest BCUT2D eigenvalue weighted by Gasteiger charge is 2.67. The van der Waals surface area contributed by atoms with Crippen LogP contribution in [0.3, 0.4) is 0 Å². The molecular formula is C10H18BNO3. The van der Waals surface area contributed by atoms with Gasteiger partial charge in [-0.05, 0) is 13.8 Å². The van der Waals surface area contributed by atoms with Gasteiger partial charge in [-0.1, -0.05) is 0 Å². The smallest absolute Gasteiger partial charge is 0.136 e. The normalized spacial score (nSPS) is 47.3. The van der Waals surface area contributed by atoms with E-state index < -0.39 is 5.60 Å². The molecule has 0 aromatic rings. The monoisotopic (exact) mass is 211 g/mol. The fourth-order valence-electron chi connectivity index (χ4n) is 2.89. The number of morpholine rings is 1. The molecule has 2 unspecified atom stereocenters. The van der Waals surface area contributed by atoms with Gasteiger partial charge < -0.3 is 19.5 Å². The first kappa shape index (κ1) is 11.4. The maximum atomic E-state index is 5.90. The van der Waals surface area contributed by atoms with E-state index in [-0.39, 0.29) is 23.7 Å². The van der Waals surface area contributed by atoms with Crippen molar-refractivity contribution in [1.82, 2.24) is 5.32 Å². The molecule has 0 aromatic carbocycles. The van der Waals surface area contributed by atoms with Crippen LogP contribution >= 0.6 is 0 Å². The standard InChI is InChI=1S/C10H18BNO3/c1-9(2)10(5-13-3)7(14-4)6(12-9)8(11)15-10/h6-8,12H,5H2,1-4H3/t6?,7?,8-,10-/m1/s1. The highest BCUT2D eigenvalue weighted by atomic mass is 16.6. The summed E-state index contributed by atoms with van der Waals surface area (Å²) in [6.45, 7) is 4.66. The Labute approximate surface area is 92.1 Å². The van der Waals surface area contributed by atoms with E-state index in [4.69, 9.17) is 22.1 Å². The van der Waals surface area contributed by atoms with Crippen molar-refractivity contribution in [1.29, 1.82) is 0 Å². The number of ether oxygens (including phenoxy) is 3. The average molecular weight is 211 g/mol. The Morgan fingerprint density at radius 2 is 2.07 bits per heavy atom. The third-order valence-corrected chi connectivity index (χ3v) is 3.68. The number of rotatable bonds is 3. The SMILES string of the molecule is [B][C@@H]1O[C@]2(COC)C(OC)C1NC2(C)C. The predicted molar refractivity (Wildman–Crippen MR) is 57.0 cm³/mol. The van der Waals surface area contributed by atoms with Gasteiger partial charge in [-0.15, -0.1) is 0 Å². The second kappa shape index (κ2) is 3.45. The molecule has 2 fully saturated rings. The summed E-state index contributed by atoms with van der Waals surface area (Å²) >= 11 is 0. The van der Waals surface area contributed by atoms with Crippen LogP contribution in [0.2, 0.25) is 0 Å². The minimum atomic E-state index is -0.486. The van der Waals surface area contributed by atoms with Crippen molar-refractivity contribution in [2.24, 2.45) is 0 Å². The fourth-order valence-corrected chi connectivity index (χ4v) is 2.89. The van der Waals surface area contributed by atoms with Gasteiger partial charge in [-0.2, -0.15) is 0 Å². The van der Waals surface area contributed by atoms with E-state index in [1.807, 2.05) is 0 Å². The lowest BCUT2D eigenvalue weighted by molar-refractivity contribution is -0.150. The Morgan fingerprint density at radius 3 is 2.60 bits per heavy atom. The van der Waals surface area contributed by atoms with Crippen LogP contribution in [0, 0.1) is 0 Å². The Balaban J connectivity index is 2.35. The first-order valence-corrected chi connectivity index (χ1v) is 5.21. The topological polar surface area (TPSA) is 39.7 Å². The van der Waals surface area contributed by atoms with Crippen LogP contribution < -0.4 is 5.32 Å². The predicted octanol–water partition coefficient (Wildman–Crippen LogP) is -0.338. The number of methoxy groups -OCH3 is 2. The largest absolute Gasteiger partial charge is 0.382 e. The van der Waals surface area contributed by atoms with Gasteiger partial charge in [0, 0.05) is 25.8 Å². The van der Waals surface area contributed by atoms with Crippen LogP contribution in [0.15, 0.2) is 0 Å². The Hall–Kier alpha value is -0.0951. The van der Waals surface area contributed by atoms with Gasteiger partial charge in [-0.3, -0.25) is 0 Å². The molecule has 4 atom stereocenters. The zero-order valence-corrected chi connectivity index (χ0v) is 9.74. The van der Waals surface area contributed by atoms with E-state index in [0.717, 1.165) is 0 Å².